The Morgan fingerprint density at radius 1 is 1.24 bits per heavy atom. The van der Waals surface area contributed by atoms with Gasteiger partial charge in [-0.3, -0.25) is 4.57 Å². The molecule has 2 heterocycles. The number of rotatable bonds is 3. The van der Waals surface area contributed by atoms with E-state index in [0.717, 1.165) is 24.1 Å². The van der Waals surface area contributed by atoms with Gasteiger partial charge in [0.15, 0.2) is 0 Å². The van der Waals surface area contributed by atoms with Crippen LogP contribution in [0.5, 0.6) is 0 Å². The van der Waals surface area contributed by atoms with Gasteiger partial charge in [0.05, 0.1) is 17.6 Å². The van der Waals surface area contributed by atoms with Crippen LogP contribution in [0.4, 0.5) is 4.79 Å². The number of imidazole rings is 1. The predicted octanol–water partition coefficient (Wildman–Crippen LogP) is 0.371. The maximum atomic E-state index is 11.9. The maximum absolute atomic E-state index is 11.9. The zero-order valence-electron chi connectivity index (χ0n) is 11.7. The molecule has 21 heavy (non-hydrogen) atoms. The standard InChI is InChI=1S/C14H18N4O3/c19-13-16-11-3-1-2-4-12(11)18(13)9-10-21-14(20)17-7-5-15-6-8-17/h1-4,15H,5-10H2,(H,16,19). The number of fused-ring (bicyclic) bond motifs is 1. The highest BCUT2D eigenvalue weighted by Crippen LogP contribution is 2.08. The van der Waals surface area contributed by atoms with Crippen molar-refractivity contribution >= 4 is 17.1 Å². The lowest BCUT2D eigenvalue weighted by Gasteiger charge is -2.26. The summed E-state index contributed by atoms with van der Waals surface area (Å²) in [6.07, 6.45) is -0.315. The van der Waals surface area contributed by atoms with Crippen LogP contribution in [0.25, 0.3) is 11.0 Å². The molecule has 3 rings (SSSR count). The molecule has 0 radical (unpaired) electrons. The monoisotopic (exact) mass is 290 g/mol. The number of ether oxygens (including phenoxy) is 1. The van der Waals surface area contributed by atoms with E-state index in [0.29, 0.717) is 19.6 Å². The molecular formula is C14H18N4O3. The molecular weight excluding hydrogens is 272 g/mol. The van der Waals surface area contributed by atoms with Crippen LogP contribution in [-0.4, -0.2) is 53.3 Å². The van der Waals surface area contributed by atoms with Gasteiger partial charge in [-0.15, -0.1) is 0 Å². The molecule has 1 aliphatic heterocycles. The van der Waals surface area contributed by atoms with Gasteiger partial charge in [-0.05, 0) is 12.1 Å². The first kappa shape index (κ1) is 13.7. The van der Waals surface area contributed by atoms with Gasteiger partial charge in [0, 0.05) is 26.2 Å². The fourth-order valence-corrected chi connectivity index (χ4v) is 2.49. The molecule has 1 aromatic heterocycles. The highest BCUT2D eigenvalue weighted by molar-refractivity contribution is 5.74. The van der Waals surface area contributed by atoms with Crippen molar-refractivity contribution in [3.8, 4) is 0 Å². The van der Waals surface area contributed by atoms with Crippen LogP contribution in [-0.2, 0) is 11.3 Å². The average Bonchev–Trinajstić information content (AvgIpc) is 2.84. The van der Waals surface area contributed by atoms with Gasteiger partial charge >= 0.3 is 11.8 Å². The Bertz CT molecular complexity index is 685. The van der Waals surface area contributed by atoms with E-state index >= 15 is 0 Å². The first-order valence-electron chi connectivity index (χ1n) is 7.06. The fourth-order valence-electron chi connectivity index (χ4n) is 2.49. The lowest BCUT2D eigenvalue weighted by atomic mass is 10.3. The summed E-state index contributed by atoms with van der Waals surface area (Å²) in [7, 11) is 0. The van der Waals surface area contributed by atoms with Crippen LogP contribution in [0.1, 0.15) is 0 Å². The smallest absolute Gasteiger partial charge is 0.409 e. The summed E-state index contributed by atoms with van der Waals surface area (Å²) in [5.74, 6) is 0. The molecule has 2 N–H and O–H groups in total. The highest BCUT2D eigenvalue weighted by atomic mass is 16.6. The van der Waals surface area contributed by atoms with Crippen LogP contribution in [0, 0.1) is 0 Å². The number of nitrogens with zero attached hydrogens (tertiary/aromatic N) is 2. The van der Waals surface area contributed by atoms with Gasteiger partial charge in [0.2, 0.25) is 0 Å². The molecule has 1 aliphatic rings. The number of H-pyrrole nitrogens is 1. The topological polar surface area (TPSA) is 79.4 Å². The Balaban J connectivity index is 1.60. The molecule has 1 aromatic carbocycles. The van der Waals surface area contributed by atoms with E-state index in [4.69, 9.17) is 4.74 Å². The minimum absolute atomic E-state index is 0.185. The number of hydrogen-bond donors (Lipinski definition) is 2. The van der Waals surface area contributed by atoms with E-state index in [9.17, 15) is 9.59 Å². The Labute approximate surface area is 121 Å². The Hall–Kier alpha value is -2.28. The summed E-state index contributed by atoms with van der Waals surface area (Å²) in [4.78, 5) is 28.2. The first-order chi connectivity index (χ1) is 10.3. The van der Waals surface area contributed by atoms with Gasteiger partial charge in [-0.2, -0.15) is 0 Å². The number of carbonyl (C=O) groups excluding carboxylic acids is 1. The van der Waals surface area contributed by atoms with E-state index in [-0.39, 0.29) is 18.4 Å². The van der Waals surface area contributed by atoms with Crippen LogP contribution in [0.3, 0.4) is 0 Å². The van der Waals surface area contributed by atoms with E-state index < -0.39 is 0 Å². The normalized spacial score (nSPS) is 15.3. The number of hydrogen-bond acceptors (Lipinski definition) is 4. The van der Waals surface area contributed by atoms with Gasteiger partial charge in [-0.25, -0.2) is 9.59 Å². The van der Waals surface area contributed by atoms with Gasteiger partial charge in [0.25, 0.3) is 0 Å². The fraction of sp³-hybridized carbons (Fsp3) is 0.429. The summed E-state index contributed by atoms with van der Waals surface area (Å²) in [5.41, 5.74) is 1.42. The second kappa shape index (κ2) is 6.01. The third kappa shape index (κ3) is 2.92. The molecule has 0 bridgehead atoms. The molecule has 112 valence electrons. The molecule has 0 unspecified atom stereocenters. The number of benzene rings is 1. The molecule has 1 saturated heterocycles. The van der Waals surface area contributed by atoms with Crippen molar-refractivity contribution in [2.75, 3.05) is 32.8 Å². The zero-order chi connectivity index (χ0) is 14.7. The van der Waals surface area contributed by atoms with E-state index in [1.807, 2.05) is 24.3 Å². The minimum atomic E-state index is -0.315. The number of nitrogens with one attached hydrogen (secondary N) is 2. The van der Waals surface area contributed by atoms with Crippen molar-refractivity contribution in [2.45, 2.75) is 6.54 Å². The van der Waals surface area contributed by atoms with Crippen molar-refractivity contribution in [3.63, 3.8) is 0 Å². The zero-order valence-corrected chi connectivity index (χ0v) is 11.7. The molecule has 0 saturated carbocycles. The average molecular weight is 290 g/mol. The van der Waals surface area contributed by atoms with Gasteiger partial charge in [-0.1, -0.05) is 12.1 Å². The minimum Gasteiger partial charge on any atom is -0.448 e. The van der Waals surface area contributed by atoms with Crippen molar-refractivity contribution in [1.29, 1.82) is 0 Å². The first-order valence-corrected chi connectivity index (χ1v) is 7.06. The van der Waals surface area contributed by atoms with Crippen molar-refractivity contribution in [1.82, 2.24) is 19.8 Å². The second-order valence-corrected chi connectivity index (χ2v) is 4.95. The summed E-state index contributed by atoms with van der Waals surface area (Å²) < 4.78 is 6.83. The molecule has 0 aliphatic carbocycles. The maximum Gasteiger partial charge on any atom is 0.409 e. The summed E-state index contributed by atoms with van der Waals surface area (Å²) >= 11 is 0. The van der Waals surface area contributed by atoms with Crippen LogP contribution in [0.15, 0.2) is 29.1 Å². The Morgan fingerprint density at radius 2 is 2.00 bits per heavy atom. The number of carbonyl (C=O) groups is 1. The molecule has 7 heteroatoms. The number of aromatic nitrogens is 2. The lowest BCUT2D eigenvalue weighted by molar-refractivity contribution is 0.0947. The quantitative estimate of drug-likeness (QED) is 0.856. The second-order valence-electron chi connectivity index (χ2n) is 4.95. The number of para-hydroxylation sites is 2. The number of piperazine rings is 1. The number of amides is 1. The van der Waals surface area contributed by atoms with E-state index in [2.05, 4.69) is 10.3 Å². The predicted molar refractivity (Wildman–Crippen MR) is 78.3 cm³/mol. The van der Waals surface area contributed by atoms with Gasteiger partial charge < -0.3 is 19.9 Å². The van der Waals surface area contributed by atoms with Gasteiger partial charge in [0.1, 0.15) is 6.61 Å². The Kier molecular flexibility index (Phi) is 3.92. The SMILES string of the molecule is O=C(OCCn1c(=O)[nH]c2ccccc21)N1CCNCC1. The molecule has 0 atom stereocenters. The van der Waals surface area contributed by atoms with Crippen molar-refractivity contribution in [3.05, 3.63) is 34.7 Å². The third-order valence-electron chi connectivity index (χ3n) is 3.60. The summed E-state index contributed by atoms with van der Waals surface area (Å²) in [6.45, 7) is 3.43. The van der Waals surface area contributed by atoms with E-state index in [1.165, 1.54) is 0 Å². The molecule has 7 nitrogen and oxygen atoms in total. The van der Waals surface area contributed by atoms with Crippen LogP contribution < -0.4 is 11.0 Å². The van der Waals surface area contributed by atoms with Crippen LogP contribution >= 0.6 is 0 Å². The van der Waals surface area contributed by atoms with Crippen molar-refractivity contribution < 1.29 is 9.53 Å². The molecule has 1 amide bonds. The molecule has 0 spiro atoms. The van der Waals surface area contributed by atoms with E-state index in [1.54, 1.807) is 9.47 Å². The largest absolute Gasteiger partial charge is 0.448 e. The molecule has 1 fully saturated rings. The molecule has 2 aromatic rings. The number of aromatic amines is 1. The highest BCUT2D eigenvalue weighted by Gasteiger charge is 2.17. The third-order valence-corrected chi connectivity index (χ3v) is 3.60. The lowest BCUT2D eigenvalue weighted by Crippen LogP contribution is -2.46. The summed E-state index contributed by atoms with van der Waals surface area (Å²) in [5, 5.41) is 3.18. The summed E-state index contributed by atoms with van der Waals surface area (Å²) in [6, 6.07) is 7.46. The Morgan fingerprint density at radius 3 is 2.81 bits per heavy atom. The van der Waals surface area contributed by atoms with Crippen LogP contribution in [0.2, 0.25) is 0 Å². The van der Waals surface area contributed by atoms with Crippen molar-refractivity contribution in [2.24, 2.45) is 0 Å².